The van der Waals surface area contributed by atoms with Gasteiger partial charge in [0.05, 0.1) is 0 Å². The summed E-state index contributed by atoms with van der Waals surface area (Å²) in [6.45, 7) is 16.5. The molecule has 156 valence electrons. The van der Waals surface area contributed by atoms with Crippen LogP contribution in [0.2, 0.25) is 0 Å². The number of guanidine groups is 1. The van der Waals surface area contributed by atoms with Crippen LogP contribution < -0.4 is 10.6 Å². The number of carbonyl (C=O) groups excluding carboxylic acids is 1. The summed E-state index contributed by atoms with van der Waals surface area (Å²) in [6, 6.07) is 0.426. The van der Waals surface area contributed by atoms with Crippen molar-refractivity contribution in [1.29, 1.82) is 0 Å². The van der Waals surface area contributed by atoms with Gasteiger partial charge in [-0.1, -0.05) is 13.0 Å². The van der Waals surface area contributed by atoms with Gasteiger partial charge in [0.2, 0.25) is 0 Å². The maximum Gasteiger partial charge on any atom is 0.410 e. The van der Waals surface area contributed by atoms with Crippen LogP contribution in [0.5, 0.6) is 0 Å². The molecule has 0 aliphatic carbocycles. The highest BCUT2D eigenvalue weighted by Crippen LogP contribution is 2.11. The van der Waals surface area contributed by atoms with Gasteiger partial charge in [-0.25, -0.2) is 4.79 Å². The van der Waals surface area contributed by atoms with Gasteiger partial charge in [-0.3, -0.25) is 9.89 Å². The van der Waals surface area contributed by atoms with E-state index in [1.807, 2.05) is 26.8 Å². The summed E-state index contributed by atoms with van der Waals surface area (Å²) in [6.07, 6.45) is 4.78. The third kappa shape index (κ3) is 9.65. The van der Waals surface area contributed by atoms with Crippen molar-refractivity contribution in [3.8, 4) is 0 Å². The average molecular weight is 382 g/mol. The van der Waals surface area contributed by atoms with Crippen LogP contribution in [0.4, 0.5) is 4.79 Å². The number of nitrogens with one attached hydrogen (secondary N) is 2. The normalized spacial score (nSPS) is 16.7. The summed E-state index contributed by atoms with van der Waals surface area (Å²) in [5.41, 5.74) is -0.478. The number of amides is 1. The fourth-order valence-corrected chi connectivity index (χ4v) is 3.03. The summed E-state index contributed by atoms with van der Waals surface area (Å²) >= 11 is 0. The molecule has 0 aromatic heterocycles. The van der Waals surface area contributed by atoms with Gasteiger partial charge < -0.3 is 20.3 Å². The molecule has 0 bridgehead atoms. The predicted octanol–water partition coefficient (Wildman–Crippen LogP) is 2.45. The van der Waals surface area contributed by atoms with Crippen molar-refractivity contribution in [2.75, 3.05) is 46.3 Å². The molecule has 0 spiro atoms. The second-order valence-electron chi connectivity index (χ2n) is 7.97. The van der Waals surface area contributed by atoms with Crippen LogP contribution in [-0.4, -0.2) is 79.8 Å². The van der Waals surface area contributed by atoms with E-state index in [2.05, 4.69) is 34.0 Å². The van der Waals surface area contributed by atoms with Crippen molar-refractivity contribution >= 4 is 12.1 Å². The molecule has 1 fully saturated rings. The van der Waals surface area contributed by atoms with E-state index in [4.69, 9.17) is 4.74 Å². The first-order valence-electron chi connectivity index (χ1n) is 10.1. The molecule has 0 unspecified atom stereocenters. The molecule has 0 aromatic carbocycles. The number of piperidine rings is 1. The molecule has 27 heavy (non-hydrogen) atoms. The smallest absolute Gasteiger partial charge is 0.410 e. The standard InChI is InChI=1S/C20H39N5O2/c1-7-12-24-14-9-17(10-15-24)23-18(21-6)22-11-16-25(13-8-2)19(26)27-20(3,4)5/h7,17H,1,8-16H2,2-6H3,(H2,21,22,23). The Morgan fingerprint density at radius 2 is 2.00 bits per heavy atom. The highest BCUT2D eigenvalue weighted by atomic mass is 16.6. The molecule has 1 aliphatic heterocycles. The maximum absolute atomic E-state index is 12.3. The summed E-state index contributed by atoms with van der Waals surface area (Å²) < 4.78 is 5.49. The van der Waals surface area contributed by atoms with Gasteiger partial charge >= 0.3 is 6.09 Å². The number of carbonyl (C=O) groups is 1. The van der Waals surface area contributed by atoms with Crippen molar-refractivity contribution < 1.29 is 9.53 Å². The molecule has 7 nitrogen and oxygen atoms in total. The molecule has 1 saturated heterocycles. The van der Waals surface area contributed by atoms with Crippen molar-refractivity contribution in [3.63, 3.8) is 0 Å². The van der Waals surface area contributed by atoms with Gasteiger partial charge in [0.25, 0.3) is 0 Å². The second kappa shape index (κ2) is 11.8. The zero-order valence-electron chi connectivity index (χ0n) is 17.9. The van der Waals surface area contributed by atoms with E-state index in [9.17, 15) is 4.79 Å². The molecule has 0 saturated carbocycles. The predicted molar refractivity (Wildman–Crippen MR) is 112 cm³/mol. The number of nitrogens with zero attached hydrogens (tertiary/aromatic N) is 3. The highest BCUT2D eigenvalue weighted by Gasteiger charge is 2.22. The summed E-state index contributed by atoms with van der Waals surface area (Å²) in [5, 5.41) is 6.81. The Hall–Kier alpha value is -1.76. The van der Waals surface area contributed by atoms with E-state index < -0.39 is 5.60 Å². The molecule has 0 aromatic rings. The number of hydrogen-bond donors (Lipinski definition) is 2. The van der Waals surface area contributed by atoms with Gasteiger partial charge in [-0.15, -0.1) is 6.58 Å². The minimum Gasteiger partial charge on any atom is -0.444 e. The Balaban J connectivity index is 2.40. The van der Waals surface area contributed by atoms with E-state index in [-0.39, 0.29) is 6.09 Å². The Morgan fingerprint density at radius 1 is 1.33 bits per heavy atom. The molecule has 0 atom stereocenters. The largest absolute Gasteiger partial charge is 0.444 e. The quantitative estimate of drug-likeness (QED) is 0.384. The first kappa shape index (κ1) is 23.3. The van der Waals surface area contributed by atoms with Crippen LogP contribution in [0.1, 0.15) is 47.0 Å². The molecule has 1 aliphatic rings. The van der Waals surface area contributed by atoms with E-state index in [1.165, 1.54) is 0 Å². The fraction of sp³-hybridized carbons (Fsp3) is 0.800. The molecular formula is C20H39N5O2. The van der Waals surface area contributed by atoms with Crippen molar-refractivity contribution in [2.24, 2.45) is 4.99 Å². The van der Waals surface area contributed by atoms with Crippen molar-refractivity contribution in [1.82, 2.24) is 20.4 Å². The van der Waals surface area contributed by atoms with E-state index in [0.717, 1.165) is 44.9 Å². The van der Waals surface area contributed by atoms with Crippen LogP contribution in [0.25, 0.3) is 0 Å². The molecule has 1 heterocycles. The molecule has 7 heteroatoms. The van der Waals surface area contributed by atoms with Gasteiger partial charge in [-0.05, 0) is 40.0 Å². The lowest BCUT2D eigenvalue weighted by molar-refractivity contribution is 0.0253. The Labute approximate surface area is 165 Å². The first-order valence-corrected chi connectivity index (χ1v) is 10.1. The highest BCUT2D eigenvalue weighted by molar-refractivity contribution is 5.80. The molecule has 0 radical (unpaired) electrons. The molecule has 1 rings (SSSR count). The topological polar surface area (TPSA) is 69.2 Å². The lowest BCUT2D eigenvalue weighted by Crippen LogP contribution is -2.50. The number of rotatable bonds is 8. The van der Waals surface area contributed by atoms with E-state index >= 15 is 0 Å². The van der Waals surface area contributed by atoms with E-state index in [1.54, 1.807) is 11.9 Å². The van der Waals surface area contributed by atoms with Gasteiger partial charge in [0.15, 0.2) is 5.96 Å². The monoisotopic (exact) mass is 381 g/mol. The SMILES string of the molecule is C=CCN1CCC(NC(=NC)NCCN(CCC)C(=O)OC(C)(C)C)CC1. The fourth-order valence-electron chi connectivity index (χ4n) is 3.03. The molecular weight excluding hydrogens is 342 g/mol. The zero-order chi connectivity index (χ0) is 20.3. The van der Waals surface area contributed by atoms with Gasteiger partial charge in [0, 0.05) is 52.4 Å². The minimum atomic E-state index is -0.478. The van der Waals surface area contributed by atoms with Gasteiger partial charge in [-0.2, -0.15) is 0 Å². The second-order valence-corrected chi connectivity index (χ2v) is 7.97. The summed E-state index contributed by atoms with van der Waals surface area (Å²) in [4.78, 5) is 20.8. The Morgan fingerprint density at radius 3 is 2.52 bits per heavy atom. The number of ether oxygens (including phenoxy) is 1. The van der Waals surface area contributed by atoms with Crippen LogP contribution in [0.3, 0.4) is 0 Å². The summed E-state index contributed by atoms with van der Waals surface area (Å²) in [5.74, 6) is 0.790. The van der Waals surface area contributed by atoms with Crippen molar-refractivity contribution in [2.45, 2.75) is 58.6 Å². The zero-order valence-corrected chi connectivity index (χ0v) is 17.9. The molecule has 2 N–H and O–H groups in total. The summed E-state index contributed by atoms with van der Waals surface area (Å²) in [7, 11) is 1.78. The maximum atomic E-state index is 12.3. The number of hydrogen-bond acceptors (Lipinski definition) is 4. The lowest BCUT2D eigenvalue weighted by Gasteiger charge is -2.32. The number of aliphatic imine (C=N–C) groups is 1. The third-order valence-corrected chi connectivity index (χ3v) is 4.36. The van der Waals surface area contributed by atoms with Crippen LogP contribution in [0, 0.1) is 0 Å². The average Bonchev–Trinajstić information content (AvgIpc) is 2.60. The lowest BCUT2D eigenvalue weighted by atomic mass is 10.1. The van der Waals surface area contributed by atoms with Crippen LogP contribution in [0.15, 0.2) is 17.6 Å². The first-order chi connectivity index (χ1) is 12.8. The van der Waals surface area contributed by atoms with Crippen molar-refractivity contribution in [3.05, 3.63) is 12.7 Å². The molecule has 1 amide bonds. The minimum absolute atomic E-state index is 0.260. The Kier molecular flexibility index (Phi) is 10.2. The van der Waals surface area contributed by atoms with Gasteiger partial charge in [0.1, 0.15) is 5.60 Å². The Bertz CT molecular complexity index is 479. The van der Waals surface area contributed by atoms with Crippen LogP contribution in [-0.2, 0) is 4.74 Å². The van der Waals surface area contributed by atoms with E-state index in [0.29, 0.717) is 25.7 Å². The number of likely N-dealkylation sites (tertiary alicyclic amines) is 1. The van der Waals surface area contributed by atoms with Crippen LogP contribution >= 0.6 is 0 Å². The third-order valence-electron chi connectivity index (χ3n) is 4.36.